The number of carbonyl (C=O) groups is 1. The number of benzene rings is 1. The smallest absolute Gasteiger partial charge is 0.329 e. The van der Waals surface area contributed by atoms with Gasteiger partial charge < -0.3 is 10.1 Å². The van der Waals surface area contributed by atoms with E-state index in [0.717, 1.165) is 11.3 Å². The lowest BCUT2D eigenvalue weighted by Gasteiger charge is -2.29. The Bertz CT molecular complexity index is 523. The zero-order valence-corrected chi connectivity index (χ0v) is 13.6. The second-order valence-electron chi connectivity index (χ2n) is 6.01. The van der Waals surface area contributed by atoms with Crippen molar-refractivity contribution in [2.75, 3.05) is 5.75 Å². The predicted molar refractivity (Wildman–Crippen MR) is 90.3 cm³/mol. The third kappa shape index (κ3) is 4.07. The number of carbonyl (C=O) groups excluding carboxylic acids is 1. The van der Waals surface area contributed by atoms with Crippen molar-refractivity contribution in [1.82, 2.24) is 5.32 Å². The van der Waals surface area contributed by atoms with Crippen molar-refractivity contribution in [3.05, 3.63) is 47.0 Å². The van der Waals surface area contributed by atoms with Crippen LogP contribution in [0.4, 0.5) is 0 Å². The van der Waals surface area contributed by atoms with Crippen LogP contribution in [0, 0.1) is 5.92 Å². The number of ether oxygens (including phenoxy) is 1. The number of rotatable bonds is 4. The minimum Gasteiger partial charge on any atom is -0.459 e. The van der Waals surface area contributed by atoms with Crippen LogP contribution in [0.15, 0.2) is 41.4 Å². The maximum absolute atomic E-state index is 12.1. The fraction of sp³-hybridized carbons (Fsp3) is 0.500. The van der Waals surface area contributed by atoms with Crippen LogP contribution in [0.2, 0.25) is 0 Å². The Balaban J connectivity index is 1.47. The van der Waals surface area contributed by atoms with E-state index in [1.54, 1.807) is 0 Å². The average Bonchev–Trinajstić information content (AvgIpc) is 2.61. The number of nitrogens with one attached hydrogen (secondary N) is 1. The van der Waals surface area contributed by atoms with Crippen LogP contribution in [-0.4, -0.2) is 17.8 Å². The monoisotopic (exact) mass is 317 g/mol. The lowest BCUT2D eigenvalue weighted by atomic mass is 9.89. The summed E-state index contributed by atoms with van der Waals surface area (Å²) in [6.45, 7) is 0.349. The van der Waals surface area contributed by atoms with Gasteiger partial charge in [-0.05, 0) is 24.3 Å². The zero-order chi connectivity index (χ0) is 15.2. The van der Waals surface area contributed by atoms with Crippen molar-refractivity contribution in [2.45, 2.75) is 44.8 Å². The topological polar surface area (TPSA) is 38.3 Å². The lowest BCUT2D eigenvalue weighted by Crippen LogP contribution is -2.39. The number of hydrogen-bond acceptors (Lipinski definition) is 4. The summed E-state index contributed by atoms with van der Waals surface area (Å²) < 4.78 is 5.40. The van der Waals surface area contributed by atoms with Crippen LogP contribution in [0.3, 0.4) is 0 Å². The molecule has 118 valence electrons. The molecular formula is C18H23NO2S. The van der Waals surface area contributed by atoms with E-state index in [1.165, 1.54) is 37.0 Å². The maximum atomic E-state index is 12.1. The largest absolute Gasteiger partial charge is 0.459 e. The molecule has 1 aromatic carbocycles. The SMILES string of the molecule is O=C(OCc1ccccc1)C1CSC(C2CCCCC2)=CN1. The van der Waals surface area contributed by atoms with E-state index in [4.69, 9.17) is 4.74 Å². The van der Waals surface area contributed by atoms with Crippen molar-refractivity contribution in [3.8, 4) is 0 Å². The second kappa shape index (κ2) is 7.73. The molecule has 3 nitrogen and oxygen atoms in total. The molecule has 2 aliphatic rings. The van der Waals surface area contributed by atoms with Gasteiger partial charge >= 0.3 is 5.97 Å². The standard InChI is InChI=1S/C18H23NO2S/c20-18(21-12-14-7-3-1-4-8-14)16-13-22-17(11-19-16)15-9-5-2-6-10-15/h1,3-4,7-8,11,15-16,19H,2,5-6,9-10,12-13H2. The van der Waals surface area contributed by atoms with Crippen molar-refractivity contribution < 1.29 is 9.53 Å². The van der Waals surface area contributed by atoms with Gasteiger partial charge in [-0.25, -0.2) is 4.79 Å². The van der Waals surface area contributed by atoms with Gasteiger partial charge in [-0.15, -0.1) is 11.8 Å². The molecule has 1 aliphatic heterocycles. The summed E-state index contributed by atoms with van der Waals surface area (Å²) in [6.07, 6.45) is 8.69. The van der Waals surface area contributed by atoms with Gasteiger partial charge in [-0.1, -0.05) is 49.6 Å². The Hall–Kier alpha value is -1.42. The molecule has 0 saturated heterocycles. The quantitative estimate of drug-likeness (QED) is 0.856. The fourth-order valence-electron chi connectivity index (χ4n) is 3.04. The molecule has 1 unspecified atom stereocenters. The predicted octanol–water partition coefficient (Wildman–Crippen LogP) is 3.86. The molecule has 1 atom stereocenters. The molecule has 1 fully saturated rings. The van der Waals surface area contributed by atoms with Gasteiger partial charge in [0.2, 0.25) is 0 Å². The third-order valence-corrected chi connectivity index (χ3v) is 5.64. The summed E-state index contributed by atoms with van der Waals surface area (Å²) in [6, 6.07) is 9.59. The molecule has 1 saturated carbocycles. The normalized spacial score (nSPS) is 22.5. The van der Waals surface area contributed by atoms with E-state index in [-0.39, 0.29) is 12.0 Å². The van der Waals surface area contributed by atoms with E-state index in [1.807, 2.05) is 42.1 Å². The minimum absolute atomic E-state index is 0.157. The summed E-state index contributed by atoms with van der Waals surface area (Å²) in [5.74, 6) is 1.32. The highest BCUT2D eigenvalue weighted by molar-refractivity contribution is 8.03. The lowest BCUT2D eigenvalue weighted by molar-refractivity contribution is -0.146. The molecule has 0 aromatic heterocycles. The van der Waals surface area contributed by atoms with E-state index in [2.05, 4.69) is 11.5 Å². The molecule has 0 spiro atoms. The molecule has 0 amide bonds. The van der Waals surface area contributed by atoms with Crippen molar-refractivity contribution in [1.29, 1.82) is 0 Å². The first kappa shape index (κ1) is 15.5. The van der Waals surface area contributed by atoms with E-state index in [0.29, 0.717) is 12.5 Å². The van der Waals surface area contributed by atoms with Crippen molar-refractivity contribution >= 4 is 17.7 Å². The fourth-order valence-corrected chi connectivity index (χ4v) is 4.25. The molecule has 4 heteroatoms. The second-order valence-corrected chi connectivity index (χ2v) is 7.10. The van der Waals surface area contributed by atoms with Crippen molar-refractivity contribution in [2.24, 2.45) is 5.92 Å². The van der Waals surface area contributed by atoms with Gasteiger partial charge in [0, 0.05) is 16.9 Å². The average molecular weight is 317 g/mol. The Morgan fingerprint density at radius 1 is 1.18 bits per heavy atom. The van der Waals surface area contributed by atoms with Gasteiger partial charge in [-0.3, -0.25) is 0 Å². The Labute approximate surface area is 136 Å². The molecular weight excluding hydrogens is 294 g/mol. The highest BCUT2D eigenvalue weighted by Gasteiger charge is 2.26. The highest BCUT2D eigenvalue weighted by atomic mass is 32.2. The zero-order valence-electron chi connectivity index (χ0n) is 12.8. The number of allylic oxidation sites excluding steroid dienone is 1. The molecule has 3 rings (SSSR count). The number of esters is 1. The van der Waals surface area contributed by atoms with E-state index in [9.17, 15) is 4.79 Å². The van der Waals surface area contributed by atoms with Gasteiger partial charge in [0.15, 0.2) is 0 Å². The molecule has 1 N–H and O–H groups in total. The van der Waals surface area contributed by atoms with Gasteiger partial charge in [0.05, 0.1) is 0 Å². The maximum Gasteiger partial charge on any atom is 0.329 e. The van der Waals surface area contributed by atoms with Crippen LogP contribution in [0.25, 0.3) is 0 Å². The Morgan fingerprint density at radius 2 is 1.95 bits per heavy atom. The number of thioether (sulfide) groups is 1. The van der Waals surface area contributed by atoms with Crippen LogP contribution >= 0.6 is 11.8 Å². The van der Waals surface area contributed by atoms with Gasteiger partial charge in [-0.2, -0.15) is 0 Å². The van der Waals surface area contributed by atoms with E-state index >= 15 is 0 Å². The summed E-state index contributed by atoms with van der Waals surface area (Å²) in [5.41, 5.74) is 1.03. The number of hydrogen-bond donors (Lipinski definition) is 1. The van der Waals surface area contributed by atoms with E-state index < -0.39 is 0 Å². The molecule has 1 heterocycles. The van der Waals surface area contributed by atoms with Gasteiger partial charge in [0.25, 0.3) is 0 Å². The van der Waals surface area contributed by atoms with Crippen LogP contribution in [0.5, 0.6) is 0 Å². The molecule has 0 bridgehead atoms. The third-order valence-electron chi connectivity index (χ3n) is 4.36. The first-order valence-corrected chi connectivity index (χ1v) is 9.11. The van der Waals surface area contributed by atoms with Crippen LogP contribution < -0.4 is 5.32 Å². The summed E-state index contributed by atoms with van der Waals surface area (Å²) >= 11 is 1.83. The summed E-state index contributed by atoms with van der Waals surface area (Å²) in [7, 11) is 0. The van der Waals surface area contributed by atoms with Crippen LogP contribution in [-0.2, 0) is 16.1 Å². The minimum atomic E-state index is -0.221. The Morgan fingerprint density at radius 3 is 2.64 bits per heavy atom. The van der Waals surface area contributed by atoms with Gasteiger partial charge in [0.1, 0.15) is 12.6 Å². The first-order valence-electron chi connectivity index (χ1n) is 8.12. The molecule has 0 radical (unpaired) electrons. The molecule has 22 heavy (non-hydrogen) atoms. The van der Waals surface area contributed by atoms with Crippen molar-refractivity contribution in [3.63, 3.8) is 0 Å². The Kier molecular flexibility index (Phi) is 5.43. The highest BCUT2D eigenvalue weighted by Crippen LogP contribution is 2.37. The first-order chi connectivity index (χ1) is 10.8. The summed E-state index contributed by atoms with van der Waals surface area (Å²) in [5, 5.41) is 3.25. The van der Waals surface area contributed by atoms with Crippen LogP contribution in [0.1, 0.15) is 37.7 Å². The molecule has 1 aliphatic carbocycles. The molecule has 1 aromatic rings. The summed E-state index contributed by atoms with van der Waals surface area (Å²) in [4.78, 5) is 13.6.